The van der Waals surface area contributed by atoms with Crippen LogP contribution in [0.15, 0.2) is 52.5 Å². The fourth-order valence-corrected chi connectivity index (χ4v) is 6.83. The zero-order chi connectivity index (χ0) is 25.9. The number of thioether (sulfide) groups is 1. The van der Waals surface area contributed by atoms with Crippen molar-refractivity contribution in [2.45, 2.75) is 32.1 Å². The molecule has 0 spiro atoms. The van der Waals surface area contributed by atoms with Crippen LogP contribution in [0.2, 0.25) is 0 Å². The van der Waals surface area contributed by atoms with E-state index in [4.69, 9.17) is 22.5 Å². The molecular weight excluding hydrogens is 512 g/mol. The summed E-state index contributed by atoms with van der Waals surface area (Å²) >= 11 is 7.03. The molecular formula is C23H27ClN4O5S2. The summed E-state index contributed by atoms with van der Waals surface area (Å²) in [6, 6.07) is 12.9. The largest absolute Gasteiger partial charge is 0.507 e. The van der Waals surface area contributed by atoms with E-state index in [0.29, 0.717) is 40.4 Å². The molecule has 0 bridgehead atoms. The summed E-state index contributed by atoms with van der Waals surface area (Å²) in [6.45, 7) is 3.58. The standard InChI is InChI=1S/C23H27ClN4O5S2/c1-14-11-17(12-15(2)20(14)29)23(31)27(10-6-9-16-7-4-3-5-8-16)13-18-28(35(26,32)33)19(22(25)30)21(24)34-18/h3-5,7-8,11-12,18,29H,6,9-10,13H2,1-2H3,(H2,25,30)(H2,26,32,33). The third kappa shape index (κ3) is 6.29. The van der Waals surface area contributed by atoms with Crippen LogP contribution >= 0.6 is 23.4 Å². The van der Waals surface area contributed by atoms with Crippen molar-refractivity contribution in [1.29, 1.82) is 0 Å². The van der Waals surface area contributed by atoms with Gasteiger partial charge in [-0.25, -0.2) is 9.44 Å². The van der Waals surface area contributed by atoms with Gasteiger partial charge >= 0.3 is 0 Å². The third-order valence-electron chi connectivity index (χ3n) is 5.55. The summed E-state index contributed by atoms with van der Waals surface area (Å²) < 4.78 is 25.2. The number of phenols is 1. The van der Waals surface area contributed by atoms with Gasteiger partial charge in [0.15, 0.2) is 0 Å². The van der Waals surface area contributed by atoms with Crippen LogP contribution in [0.25, 0.3) is 0 Å². The lowest BCUT2D eigenvalue weighted by molar-refractivity contribution is -0.115. The Balaban J connectivity index is 1.90. The van der Waals surface area contributed by atoms with E-state index >= 15 is 0 Å². The first-order chi connectivity index (χ1) is 16.4. The number of rotatable bonds is 9. The first kappa shape index (κ1) is 26.9. The van der Waals surface area contributed by atoms with Gasteiger partial charge in [0, 0.05) is 12.1 Å². The Labute approximate surface area is 213 Å². The zero-order valence-corrected chi connectivity index (χ0v) is 21.7. The molecule has 0 fully saturated rings. The molecule has 5 N–H and O–H groups in total. The van der Waals surface area contributed by atoms with Gasteiger partial charge in [0.25, 0.3) is 22.0 Å². The van der Waals surface area contributed by atoms with Gasteiger partial charge in [-0.15, -0.1) is 0 Å². The number of primary amides is 1. The first-order valence-corrected chi connectivity index (χ1v) is 13.5. The molecule has 2 amide bonds. The van der Waals surface area contributed by atoms with E-state index in [-0.39, 0.29) is 22.6 Å². The fraction of sp³-hybridized carbons (Fsp3) is 0.304. The van der Waals surface area contributed by atoms with Gasteiger partial charge in [0.2, 0.25) is 0 Å². The quantitative estimate of drug-likeness (QED) is 0.447. The number of phenolic OH excluding ortho intramolecular Hbond substituents is 1. The van der Waals surface area contributed by atoms with Gasteiger partial charge in [-0.3, -0.25) is 9.59 Å². The average Bonchev–Trinajstić information content (AvgIpc) is 3.13. The maximum absolute atomic E-state index is 13.5. The monoisotopic (exact) mass is 538 g/mol. The van der Waals surface area contributed by atoms with Crippen molar-refractivity contribution >= 4 is 45.4 Å². The number of hydrogen-bond donors (Lipinski definition) is 3. The summed E-state index contributed by atoms with van der Waals surface area (Å²) in [4.78, 5) is 26.9. The Morgan fingerprint density at radius 3 is 2.31 bits per heavy atom. The predicted octanol–water partition coefficient (Wildman–Crippen LogP) is 2.56. The van der Waals surface area contributed by atoms with Gasteiger partial charge in [-0.2, -0.15) is 8.42 Å². The predicted molar refractivity (Wildman–Crippen MR) is 137 cm³/mol. The maximum atomic E-state index is 13.5. The molecule has 0 aromatic heterocycles. The number of amides is 2. The van der Waals surface area contributed by atoms with Crippen molar-refractivity contribution < 1.29 is 23.1 Å². The number of benzene rings is 2. The lowest BCUT2D eigenvalue weighted by Gasteiger charge is -2.31. The van der Waals surface area contributed by atoms with E-state index < -0.39 is 27.2 Å². The summed E-state index contributed by atoms with van der Waals surface area (Å²) in [6.07, 6.45) is 1.29. The molecule has 0 aliphatic carbocycles. The molecule has 35 heavy (non-hydrogen) atoms. The summed E-state index contributed by atoms with van der Waals surface area (Å²) in [7, 11) is -4.40. The summed E-state index contributed by atoms with van der Waals surface area (Å²) in [5.41, 5.74) is 7.45. The highest BCUT2D eigenvalue weighted by molar-refractivity contribution is 8.06. The number of carbonyl (C=O) groups excluding carboxylic acids is 2. The lowest BCUT2D eigenvalue weighted by atomic mass is 10.0. The van der Waals surface area contributed by atoms with E-state index in [2.05, 4.69) is 0 Å². The van der Waals surface area contributed by atoms with Crippen molar-refractivity contribution in [3.8, 4) is 5.75 Å². The molecule has 0 saturated carbocycles. The second-order valence-corrected chi connectivity index (χ2v) is 11.4. The minimum atomic E-state index is -4.40. The fourth-order valence-electron chi connectivity index (χ4n) is 3.91. The number of hydrogen-bond acceptors (Lipinski definition) is 6. The summed E-state index contributed by atoms with van der Waals surface area (Å²) in [5.74, 6) is -1.29. The second kappa shape index (κ2) is 10.9. The van der Waals surface area contributed by atoms with Crippen molar-refractivity contribution in [3.63, 3.8) is 0 Å². The van der Waals surface area contributed by atoms with Crippen molar-refractivity contribution in [2.75, 3.05) is 13.1 Å². The Hall–Kier alpha value is -2.73. The molecule has 1 unspecified atom stereocenters. The highest BCUT2D eigenvalue weighted by atomic mass is 35.5. The van der Waals surface area contributed by atoms with E-state index in [1.54, 1.807) is 26.0 Å². The molecule has 0 radical (unpaired) electrons. The average molecular weight is 539 g/mol. The van der Waals surface area contributed by atoms with E-state index in [1.807, 2.05) is 30.3 Å². The number of halogens is 1. The molecule has 0 saturated heterocycles. The van der Waals surface area contributed by atoms with Crippen LogP contribution < -0.4 is 10.9 Å². The number of aryl methyl sites for hydroxylation is 3. The Morgan fingerprint density at radius 1 is 1.17 bits per heavy atom. The molecule has 1 aliphatic heterocycles. The molecule has 1 heterocycles. The molecule has 12 heteroatoms. The second-order valence-electron chi connectivity index (χ2n) is 8.20. The first-order valence-electron chi connectivity index (χ1n) is 10.7. The highest BCUT2D eigenvalue weighted by Crippen LogP contribution is 2.42. The number of nitrogens with two attached hydrogens (primary N) is 2. The van der Waals surface area contributed by atoms with Gasteiger partial charge < -0.3 is 15.7 Å². The highest BCUT2D eigenvalue weighted by Gasteiger charge is 2.42. The molecule has 2 aromatic rings. The number of carbonyl (C=O) groups is 2. The van der Waals surface area contributed by atoms with E-state index in [9.17, 15) is 23.1 Å². The van der Waals surface area contributed by atoms with Crippen molar-refractivity contribution in [2.24, 2.45) is 10.9 Å². The molecule has 1 aliphatic rings. The van der Waals surface area contributed by atoms with Crippen LogP contribution in [0, 0.1) is 13.8 Å². The molecule has 188 valence electrons. The van der Waals surface area contributed by atoms with Crippen LogP contribution in [0.3, 0.4) is 0 Å². The minimum absolute atomic E-state index is 0.0965. The van der Waals surface area contributed by atoms with Crippen LogP contribution in [-0.2, 0) is 21.4 Å². The van der Waals surface area contributed by atoms with Crippen LogP contribution in [-0.4, -0.2) is 53.0 Å². The smallest absolute Gasteiger partial charge is 0.300 e. The third-order valence-corrected chi connectivity index (χ3v) is 8.15. The molecule has 2 aromatic carbocycles. The SMILES string of the molecule is Cc1cc(C(=O)N(CCCc2ccccc2)CC2SC(Cl)=C(C(N)=O)N2S(N)(=O)=O)cc(C)c1O. The van der Waals surface area contributed by atoms with Gasteiger partial charge in [-0.05, 0) is 55.5 Å². The number of aromatic hydroxyl groups is 1. The normalized spacial score (nSPS) is 16.0. The number of nitrogens with zero attached hydrogens (tertiary/aromatic N) is 2. The van der Waals surface area contributed by atoms with E-state index in [1.165, 1.54) is 4.90 Å². The Kier molecular flexibility index (Phi) is 8.37. The Bertz CT molecular complexity index is 1240. The van der Waals surface area contributed by atoms with Gasteiger partial charge in [0.1, 0.15) is 21.2 Å². The topological polar surface area (TPSA) is 147 Å². The van der Waals surface area contributed by atoms with Crippen LogP contribution in [0.1, 0.15) is 33.5 Å². The lowest BCUT2D eigenvalue weighted by Crippen LogP contribution is -2.48. The van der Waals surface area contributed by atoms with Crippen molar-refractivity contribution in [1.82, 2.24) is 9.21 Å². The van der Waals surface area contributed by atoms with Crippen LogP contribution in [0.5, 0.6) is 5.75 Å². The zero-order valence-electron chi connectivity index (χ0n) is 19.3. The van der Waals surface area contributed by atoms with Crippen LogP contribution in [0.4, 0.5) is 0 Å². The molecule has 1 atom stereocenters. The molecule has 3 rings (SSSR count). The van der Waals surface area contributed by atoms with E-state index in [0.717, 1.165) is 17.3 Å². The maximum Gasteiger partial charge on any atom is 0.300 e. The Morgan fingerprint density at radius 2 is 1.77 bits per heavy atom. The minimum Gasteiger partial charge on any atom is -0.507 e. The van der Waals surface area contributed by atoms with Gasteiger partial charge in [-0.1, -0.05) is 53.7 Å². The summed E-state index contributed by atoms with van der Waals surface area (Å²) in [5, 5.41) is 14.5. The van der Waals surface area contributed by atoms with Crippen molar-refractivity contribution in [3.05, 3.63) is 74.8 Å². The molecule has 9 nitrogen and oxygen atoms in total. The van der Waals surface area contributed by atoms with Gasteiger partial charge in [0.05, 0.1) is 6.54 Å².